The molecular formula is C23H20N4O2. The molecule has 2 heterocycles. The van der Waals surface area contributed by atoms with Crippen molar-refractivity contribution >= 4 is 11.6 Å². The van der Waals surface area contributed by atoms with E-state index in [0.717, 1.165) is 17.1 Å². The van der Waals surface area contributed by atoms with Gasteiger partial charge in [0.2, 0.25) is 0 Å². The second-order valence-electron chi connectivity index (χ2n) is 6.83. The maximum atomic E-state index is 12.5. The monoisotopic (exact) mass is 384 g/mol. The summed E-state index contributed by atoms with van der Waals surface area (Å²) >= 11 is 0. The molecule has 2 aromatic carbocycles. The molecule has 0 radical (unpaired) electrons. The summed E-state index contributed by atoms with van der Waals surface area (Å²) in [5.74, 6) is -0.290. The third kappa shape index (κ3) is 3.29. The van der Waals surface area contributed by atoms with E-state index in [1.165, 1.54) is 13.8 Å². The summed E-state index contributed by atoms with van der Waals surface area (Å²) in [4.78, 5) is 24.5. The number of hydrogen-bond donors (Lipinski definition) is 0. The first kappa shape index (κ1) is 18.6. The fourth-order valence-electron chi connectivity index (χ4n) is 3.37. The molecule has 4 rings (SSSR count). The molecule has 0 atom stereocenters. The van der Waals surface area contributed by atoms with Crippen LogP contribution in [0.25, 0.3) is 22.6 Å². The normalized spacial score (nSPS) is 10.9. The molecule has 0 amide bonds. The van der Waals surface area contributed by atoms with Crippen LogP contribution in [0, 0.1) is 6.92 Å². The molecule has 0 aliphatic heterocycles. The van der Waals surface area contributed by atoms with Crippen LogP contribution in [0.2, 0.25) is 0 Å². The zero-order valence-corrected chi connectivity index (χ0v) is 16.5. The van der Waals surface area contributed by atoms with Gasteiger partial charge in [0.25, 0.3) is 0 Å². The van der Waals surface area contributed by atoms with Crippen LogP contribution in [-0.2, 0) is 0 Å². The quantitative estimate of drug-likeness (QED) is 0.477. The van der Waals surface area contributed by atoms with Gasteiger partial charge in [-0.3, -0.25) is 9.59 Å². The number of ketones is 2. The number of nitrogens with zero attached hydrogens (tertiary/aromatic N) is 4. The van der Waals surface area contributed by atoms with Gasteiger partial charge in [0.05, 0.1) is 28.3 Å². The van der Waals surface area contributed by atoms with E-state index >= 15 is 0 Å². The third-order valence-corrected chi connectivity index (χ3v) is 4.78. The number of para-hydroxylation sites is 2. The SMILES string of the molecule is CC(=O)c1cc(-c2c(C(C)=O)nn(-c3ccccc3)c2C)n(-c2ccccc2)n1. The van der Waals surface area contributed by atoms with Crippen molar-refractivity contribution in [2.45, 2.75) is 20.8 Å². The third-order valence-electron chi connectivity index (χ3n) is 4.78. The first-order valence-electron chi connectivity index (χ1n) is 9.30. The van der Waals surface area contributed by atoms with E-state index in [4.69, 9.17) is 0 Å². The first-order chi connectivity index (χ1) is 14.0. The number of carbonyl (C=O) groups is 2. The molecule has 0 aliphatic carbocycles. The maximum absolute atomic E-state index is 12.5. The molecule has 0 saturated carbocycles. The molecule has 6 heteroatoms. The van der Waals surface area contributed by atoms with Crippen LogP contribution in [0.4, 0.5) is 0 Å². The van der Waals surface area contributed by atoms with Crippen molar-refractivity contribution in [1.82, 2.24) is 19.6 Å². The van der Waals surface area contributed by atoms with Crippen LogP contribution in [0.15, 0.2) is 66.7 Å². The van der Waals surface area contributed by atoms with Crippen molar-refractivity contribution in [1.29, 1.82) is 0 Å². The van der Waals surface area contributed by atoms with Crippen LogP contribution in [0.5, 0.6) is 0 Å². The fourth-order valence-corrected chi connectivity index (χ4v) is 3.37. The van der Waals surface area contributed by atoms with Crippen LogP contribution >= 0.6 is 0 Å². The summed E-state index contributed by atoms with van der Waals surface area (Å²) in [5.41, 5.74) is 4.47. The first-order valence-corrected chi connectivity index (χ1v) is 9.30. The standard InChI is InChI=1S/C23H20N4O2/c1-15-22(23(17(3)29)25-26(15)18-10-6-4-7-11-18)21-14-20(16(2)28)24-27(21)19-12-8-5-9-13-19/h4-14H,1-3H3. The van der Waals surface area contributed by atoms with E-state index in [9.17, 15) is 9.59 Å². The Balaban J connectivity index is 2.01. The van der Waals surface area contributed by atoms with Crippen LogP contribution in [-0.4, -0.2) is 31.1 Å². The van der Waals surface area contributed by atoms with Crippen molar-refractivity contribution in [2.75, 3.05) is 0 Å². The van der Waals surface area contributed by atoms with Gasteiger partial charge >= 0.3 is 0 Å². The second-order valence-corrected chi connectivity index (χ2v) is 6.83. The van der Waals surface area contributed by atoms with Crippen LogP contribution in [0.1, 0.15) is 40.5 Å². The lowest BCUT2D eigenvalue weighted by atomic mass is 10.1. The van der Waals surface area contributed by atoms with E-state index in [-0.39, 0.29) is 11.6 Å². The van der Waals surface area contributed by atoms with Crippen LogP contribution in [0.3, 0.4) is 0 Å². The highest BCUT2D eigenvalue weighted by Gasteiger charge is 2.25. The summed E-state index contributed by atoms with van der Waals surface area (Å²) in [5, 5.41) is 9.08. The highest BCUT2D eigenvalue weighted by atomic mass is 16.1. The van der Waals surface area contributed by atoms with E-state index in [1.54, 1.807) is 15.4 Å². The highest BCUT2D eigenvalue weighted by Crippen LogP contribution is 2.32. The molecule has 29 heavy (non-hydrogen) atoms. The molecule has 6 nitrogen and oxygen atoms in total. The van der Waals surface area contributed by atoms with Gasteiger partial charge in [-0.05, 0) is 37.3 Å². The molecule has 0 spiro atoms. The average molecular weight is 384 g/mol. The van der Waals surface area contributed by atoms with Gasteiger partial charge in [-0.15, -0.1) is 0 Å². The molecule has 0 fully saturated rings. The Bertz CT molecular complexity index is 1200. The Hall–Kier alpha value is -3.80. The Morgan fingerprint density at radius 1 is 0.759 bits per heavy atom. The van der Waals surface area contributed by atoms with Gasteiger partial charge in [0, 0.05) is 13.8 Å². The summed E-state index contributed by atoms with van der Waals surface area (Å²) in [6.45, 7) is 4.89. The predicted molar refractivity (Wildman–Crippen MR) is 111 cm³/mol. The lowest BCUT2D eigenvalue weighted by molar-refractivity contribution is 0.100. The Morgan fingerprint density at radius 2 is 1.31 bits per heavy atom. The minimum atomic E-state index is -0.150. The molecular weight excluding hydrogens is 364 g/mol. The maximum Gasteiger partial charge on any atom is 0.180 e. The smallest absolute Gasteiger partial charge is 0.180 e. The van der Waals surface area contributed by atoms with Crippen molar-refractivity contribution in [3.05, 3.63) is 83.8 Å². The van der Waals surface area contributed by atoms with Gasteiger partial charge in [0.1, 0.15) is 11.4 Å². The van der Waals surface area contributed by atoms with E-state index < -0.39 is 0 Å². The number of hydrogen-bond acceptors (Lipinski definition) is 4. The van der Waals surface area contributed by atoms with Gasteiger partial charge < -0.3 is 0 Å². The topological polar surface area (TPSA) is 69.8 Å². The summed E-state index contributed by atoms with van der Waals surface area (Å²) in [6.07, 6.45) is 0. The van der Waals surface area contributed by atoms with Crippen molar-refractivity contribution < 1.29 is 9.59 Å². The minimum absolute atomic E-state index is 0.140. The van der Waals surface area contributed by atoms with Gasteiger partial charge in [-0.2, -0.15) is 10.2 Å². The van der Waals surface area contributed by atoms with Crippen molar-refractivity contribution in [3.8, 4) is 22.6 Å². The van der Waals surface area contributed by atoms with Gasteiger partial charge in [0.15, 0.2) is 11.6 Å². The fraction of sp³-hybridized carbons (Fsp3) is 0.130. The molecule has 0 N–H and O–H groups in total. The second kappa shape index (κ2) is 7.31. The van der Waals surface area contributed by atoms with Crippen molar-refractivity contribution in [3.63, 3.8) is 0 Å². The zero-order chi connectivity index (χ0) is 20.5. The van der Waals surface area contributed by atoms with E-state index in [0.29, 0.717) is 22.6 Å². The molecule has 0 aliphatic rings. The Kier molecular flexibility index (Phi) is 4.68. The zero-order valence-electron chi connectivity index (χ0n) is 16.5. The molecule has 0 bridgehead atoms. The lowest BCUT2D eigenvalue weighted by Gasteiger charge is -2.09. The summed E-state index contributed by atoms with van der Waals surface area (Å²) in [7, 11) is 0. The lowest BCUT2D eigenvalue weighted by Crippen LogP contribution is -2.03. The molecule has 0 saturated heterocycles. The summed E-state index contributed by atoms with van der Waals surface area (Å²) < 4.78 is 3.45. The number of carbonyl (C=O) groups excluding carboxylic acids is 2. The number of aromatic nitrogens is 4. The largest absolute Gasteiger partial charge is 0.293 e. The van der Waals surface area contributed by atoms with Gasteiger partial charge in [-0.25, -0.2) is 9.36 Å². The predicted octanol–water partition coefficient (Wildman–Crippen LogP) is 4.44. The molecule has 0 unspecified atom stereocenters. The molecule has 144 valence electrons. The Morgan fingerprint density at radius 3 is 1.83 bits per heavy atom. The van der Waals surface area contributed by atoms with Crippen molar-refractivity contribution in [2.24, 2.45) is 0 Å². The summed E-state index contributed by atoms with van der Waals surface area (Å²) in [6, 6.07) is 20.9. The van der Waals surface area contributed by atoms with E-state index in [2.05, 4.69) is 10.2 Å². The minimum Gasteiger partial charge on any atom is -0.293 e. The van der Waals surface area contributed by atoms with E-state index in [1.807, 2.05) is 67.6 Å². The average Bonchev–Trinajstić information content (AvgIpc) is 3.31. The molecule has 2 aromatic heterocycles. The Labute approximate surface area is 168 Å². The highest BCUT2D eigenvalue weighted by molar-refractivity contribution is 6.00. The van der Waals surface area contributed by atoms with Gasteiger partial charge in [-0.1, -0.05) is 36.4 Å². The van der Waals surface area contributed by atoms with Crippen LogP contribution < -0.4 is 0 Å². The number of benzene rings is 2. The number of Topliss-reactive ketones (excluding diaryl/α,β-unsaturated/α-hetero) is 2. The number of rotatable bonds is 5. The molecule has 4 aromatic rings.